The Bertz CT molecular complexity index is 920. The van der Waals surface area contributed by atoms with Gasteiger partial charge in [-0.3, -0.25) is 4.79 Å². The summed E-state index contributed by atoms with van der Waals surface area (Å²) >= 11 is 7.59. The molecule has 3 rings (SSSR count). The number of rotatable bonds is 5. The van der Waals surface area contributed by atoms with Crippen molar-refractivity contribution in [1.82, 2.24) is 10.2 Å². The van der Waals surface area contributed by atoms with Crippen LogP contribution in [0.25, 0.3) is 10.8 Å². The summed E-state index contributed by atoms with van der Waals surface area (Å²) in [5.74, 6) is 0.891. The van der Waals surface area contributed by atoms with E-state index in [-0.39, 0.29) is 18.2 Å². The molecule has 2 aromatic heterocycles. The number of nitrogens with one attached hydrogen (secondary N) is 1. The standard InChI is InChI=1S/C17H16ClN3O3S/c1-9-4-5-25-16(9)17-21-20-15(24-17)8-14(22)19-12-6-10(2)11(18)7-13(12)23-3/h4-7H,8H2,1-3H3,(H,19,22). The van der Waals surface area contributed by atoms with Gasteiger partial charge in [0.05, 0.1) is 17.7 Å². The summed E-state index contributed by atoms with van der Waals surface area (Å²) in [6, 6.07) is 5.40. The molecular formula is C17H16ClN3O3S. The van der Waals surface area contributed by atoms with Gasteiger partial charge >= 0.3 is 0 Å². The summed E-state index contributed by atoms with van der Waals surface area (Å²) in [5.41, 5.74) is 2.44. The quantitative estimate of drug-likeness (QED) is 0.718. The molecule has 6 nitrogen and oxygen atoms in total. The van der Waals surface area contributed by atoms with Crippen LogP contribution in [0.4, 0.5) is 5.69 Å². The zero-order valence-corrected chi connectivity index (χ0v) is 15.5. The van der Waals surface area contributed by atoms with Gasteiger partial charge in [-0.1, -0.05) is 11.6 Å². The molecular weight excluding hydrogens is 362 g/mol. The molecule has 0 unspecified atom stereocenters. The summed E-state index contributed by atoms with van der Waals surface area (Å²) in [4.78, 5) is 13.2. The minimum atomic E-state index is -0.280. The normalized spacial score (nSPS) is 10.7. The zero-order chi connectivity index (χ0) is 18.0. The van der Waals surface area contributed by atoms with Crippen LogP contribution in [0.1, 0.15) is 17.0 Å². The highest BCUT2D eigenvalue weighted by Gasteiger charge is 2.16. The van der Waals surface area contributed by atoms with Gasteiger partial charge in [0.15, 0.2) is 0 Å². The van der Waals surface area contributed by atoms with Crippen molar-refractivity contribution in [3.8, 4) is 16.5 Å². The first-order valence-electron chi connectivity index (χ1n) is 7.48. The summed E-state index contributed by atoms with van der Waals surface area (Å²) < 4.78 is 10.8. The molecule has 25 heavy (non-hydrogen) atoms. The predicted molar refractivity (Wildman–Crippen MR) is 97.4 cm³/mol. The number of aromatic nitrogens is 2. The number of aryl methyl sites for hydroxylation is 2. The molecule has 3 aromatic rings. The third-order valence-electron chi connectivity index (χ3n) is 3.59. The lowest BCUT2D eigenvalue weighted by atomic mass is 10.2. The molecule has 0 saturated carbocycles. The van der Waals surface area contributed by atoms with Gasteiger partial charge in [-0.05, 0) is 42.5 Å². The third-order valence-corrected chi connectivity index (χ3v) is 5.00. The fraction of sp³-hybridized carbons (Fsp3) is 0.235. The number of carbonyl (C=O) groups is 1. The lowest BCUT2D eigenvalue weighted by molar-refractivity contribution is -0.115. The third kappa shape index (κ3) is 3.83. The van der Waals surface area contributed by atoms with Crippen LogP contribution in [-0.4, -0.2) is 23.2 Å². The number of nitrogens with zero attached hydrogens (tertiary/aromatic N) is 2. The van der Waals surface area contributed by atoms with Crippen LogP contribution in [-0.2, 0) is 11.2 Å². The molecule has 2 heterocycles. The van der Waals surface area contributed by atoms with Gasteiger partial charge < -0.3 is 14.5 Å². The Labute approximate surface area is 153 Å². The molecule has 1 amide bonds. The average molecular weight is 378 g/mol. The Morgan fingerprint density at radius 2 is 2.12 bits per heavy atom. The molecule has 8 heteroatoms. The van der Waals surface area contributed by atoms with Gasteiger partial charge in [0.25, 0.3) is 5.89 Å². The molecule has 0 saturated heterocycles. The van der Waals surface area contributed by atoms with Crippen LogP contribution in [0.5, 0.6) is 5.75 Å². The van der Waals surface area contributed by atoms with Crippen molar-refractivity contribution in [2.24, 2.45) is 0 Å². The molecule has 0 aliphatic rings. The zero-order valence-electron chi connectivity index (χ0n) is 13.9. The summed E-state index contributed by atoms with van der Waals surface area (Å²) in [5, 5.41) is 13.3. The second kappa shape index (κ2) is 7.25. The maximum Gasteiger partial charge on any atom is 0.258 e. The number of thiophene rings is 1. The monoisotopic (exact) mass is 377 g/mol. The van der Waals surface area contributed by atoms with Crippen molar-refractivity contribution in [3.05, 3.63) is 45.6 Å². The lowest BCUT2D eigenvalue weighted by Gasteiger charge is -2.11. The van der Waals surface area contributed by atoms with Crippen molar-refractivity contribution < 1.29 is 13.9 Å². The van der Waals surface area contributed by atoms with Crippen LogP contribution < -0.4 is 10.1 Å². The van der Waals surface area contributed by atoms with Crippen molar-refractivity contribution in [1.29, 1.82) is 0 Å². The minimum absolute atomic E-state index is 0.0255. The van der Waals surface area contributed by atoms with E-state index < -0.39 is 0 Å². The largest absolute Gasteiger partial charge is 0.495 e. The molecule has 1 N–H and O–H groups in total. The van der Waals surface area contributed by atoms with E-state index in [0.717, 1.165) is 16.0 Å². The first-order chi connectivity index (χ1) is 12.0. The maximum absolute atomic E-state index is 12.3. The number of ether oxygens (including phenoxy) is 1. The molecule has 0 spiro atoms. The number of carbonyl (C=O) groups excluding carboxylic acids is 1. The Kier molecular flexibility index (Phi) is 5.06. The highest BCUT2D eigenvalue weighted by atomic mass is 35.5. The number of hydrogen-bond acceptors (Lipinski definition) is 6. The Morgan fingerprint density at radius 1 is 1.32 bits per heavy atom. The van der Waals surface area contributed by atoms with E-state index in [0.29, 0.717) is 22.4 Å². The Balaban J connectivity index is 1.73. The second-order valence-corrected chi connectivity index (χ2v) is 6.78. The van der Waals surface area contributed by atoms with E-state index in [9.17, 15) is 4.79 Å². The predicted octanol–water partition coefficient (Wildman–Crippen LogP) is 4.26. The van der Waals surface area contributed by atoms with E-state index in [4.69, 9.17) is 20.8 Å². The number of methoxy groups -OCH3 is 1. The van der Waals surface area contributed by atoms with E-state index in [1.807, 2.05) is 25.3 Å². The average Bonchev–Trinajstić information content (AvgIpc) is 3.19. The Morgan fingerprint density at radius 3 is 2.80 bits per heavy atom. The fourth-order valence-corrected chi connectivity index (χ4v) is 3.27. The van der Waals surface area contributed by atoms with Gasteiger partial charge in [-0.15, -0.1) is 21.5 Å². The number of anilines is 1. The SMILES string of the molecule is COc1cc(Cl)c(C)cc1NC(=O)Cc1nnc(-c2sccc2C)o1. The van der Waals surface area contributed by atoms with E-state index in [2.05, 4.69) is 15.5 Å². The van der Waals surface area contributed by atoms with Crippen molar-refractivity contribution in [2.45, 2.75) is 20.3 Å². The van der Waals surface area contributed by atoms with Gasteiger partial charge in [-0.25, -0.2) is 0 Å². The van der Waals surface area contributed by atoms with Crippen LogP contribution in [0.15, 0.2) is 28.0 Å². The van der Waals surface area contributed by atoms with Gasteiger partial charge in [0, 0.05) is 11.1 Å². The highest BCUT2D eigenvalue weighted by molar-refractivity contribution is 7.13. The summed E-state index contributed by atoms with van der Waals surface area (Å²) in [6.07, 6.45) is -0.0255. The molecule has 0 aliphatic carbocycles. The van der Waals surface area contributed by atoms with Gasteiger partial charge in [0.1, 0.15) is 12.2 Å². The first-order valence-corrected chi connectivity index (χ1v) is 8.74. The van der Waals surface area contributed by atoms with Crippen LogP contribution >= 0.6 is 22.9 Å². The molecule has 0 bridgehead atoms. The molecule has 0 aliphatic heterocycles. The smallest absolute Gasteiger partial charge is 0.258 e. The number of hydrogen-bond donors (Lipinski definition) is 1. The van der Waals surface area contributed by atoms with E-state index >= 15 is 0 Å². The minimum Gasteiger partial charge on any atom is -0.495 e. The maximum atomic E-state index is 12.3. The first kappa shape index (κ1) is 17.4. The number of halogens is 1. The number of amides is 1. The van der Waals surface area contributed by atoms with Crippen molar-refractivity contribution in [2.75, 3.05) is 12.4 Å². The van der Waals surface area contributed by atoms with E-state index in [1.54, 1.807) is 12.1 Å². The highest BCUT2D eigenvalue weighted by Crippen LogP contribution is 2.31. The number of benzene rings is 1. The molecule has 130 valence electrons. The summed E-state index contributed by atoms with van der Waals surface area (Å²) in [6.45, 7) is 3.82. The van der Waals surface area contributed by atoms with Crippen molar-refractivity contribution in [3.63, 3.8) is 0 Å². The molecule has 0 radical (unpaired) electrons. The topological polar surface area (TPSA) is 77.2 Å². The van der Waals surface area contributed by atoms with Crippen LogP contribution in [0.3, 0.4) is 0 Å². The van der Waals surface area contributed by atoms with Gasteiger partial charge in [0.2, 0.25) is 11.8 Å². The van der Waals surface area contributed by atoms with Crippen LogP contribution in [0.2, 0.25) is 5.02 Å². The Hall–Kier alpha value is -2.38. The molecule has 0 fully saturated rings. The lowest BCUT2D eigenvalue weighted by Crippen LogP contribution is -2.15. The fourth-order valence-electron chi connectivity index (χ4n) is 2.27. The molecule has 1 aromatic carbocycles. The van der Waals surface area contributed by atoms with E-state index in [1.165, 1.54) is 18.4 Å². The van der Waals surface area contributed by atoms with Crippen molar-refractivity contribution >= 4 is 34.5 Å². The van der Waals surface area contributed by atoms with Gasteiger partial charge in [-0.2, -0.15) is 0 Å². The van der Waals surface area contributed by atoms with Crippen LogP contribution in [0, 0.1) is 13.8 Å². The second-order valence-electron chi connectivity index (χ2n) is 5.46. The molecule has 0 atom stereocenters. The summed E-state index contributed by atoms with van der Waals surface area (Å²) in [7, 11) is 1.52.